The summed E-state index contributed by atoms with van der Waals surface area (Å²) in [5, 5.41) is 5.83. The Labute approximate surface area is 149 Å². The van der Waals surface area contributed by atoms with Crippen LogP contribution in [0.25, 0.3) is 0 Å². The van der Waals surface area contributed by atoms with Crippen molar-refractivity contribution in [2.45, 2.75) is 58.4 Å². The highest BCUT2D eigenvalue weighted by molar-refractivity contribution is 5.88. The van der Waals surface area contributed by atoms with Crippen molar-refractivity contribution in [2.75, 3.05) is 6.54 Å². The molecule has 1 aliphatic rings. The number of rotatable bonds is 7. The highest BCUT2D eigenvalue weighted by atomic mass is 19.1. The molecular formula is C20H29FN2O2. The molecular weight excluding hydrogens is 319 g/mol. The van der Waals surface area contributed by atoms with E-state index < -0.39 is 6.04 Å². The number of nitrogens with one attached hydrogen (secondary N) is 2. The Bertz CT molecular complexity index is 566. The van der Waals surface area contributed by atoms with Crippen LogP contribution in [0.5, 0.6) is 0 Å². The zero-order chi connectivity index (χ0) is 18.2. The second kappa shape index (κ2) is 9.54. The lowest BCUT2D eigenvalue weighted by molar-refractivity contribution is -0.132. The molecule has 0 bridgehead atoms. The fourth-order valence-corrected chi connectivity index (χ4v) is 3.26. The van der Waals surface area contributed by atoms with Crippen LogP contribution < -0.4 is 10.6 Å². The summed E-state index contributed by atoms with van der Waals surface area (Å²) in [6.45, 7) is 4.34. The van der Waals surface area contributed by atoms with E-state index in [1.807, 2.05) is 13.8 Å². The van der Waals surface area contributed by atoms with Gasteiger partial charge in [0, 0.05) is 12.5 Å². The molecule has 1 unspecified atom stereocenters. The molecule has 1 fully saturated rings. The molecule has 0 heterocycles. The van der Waals surface area contributed by atoms with Gasteiger partial charge in [-0.15, -0.1) is 0 Å². The van der Waals surface area contributed by atoms with E-state index in [-0.39, 0.29) is 29.5 Å². The SMILES string of the molecule is CC(C)C(NC(=O)C1CCCCC1)C(=O)NCCc1ccc(F)cc1. The molecule has 25 heavy (non-hydrogen) atoms. The van der Waals surface area contributed by atoms with Gasteiger partial charge in [0.25, 0.3) is 0 Å². The van der Waals surface area contributed by atoms with E-state index in [1.54, 1.807) is 12.1 Å². The molecule has 4 nitrogen and oxygen atoms in total. The molecule has 1 aromatic carbocycles. The Balaban J connectivity index is 1.82. The molecule has 2 N–H and O–H groups in total. The fraction of sp³-hybridized carbons (Fsp3) is 0.600. The van der Waals surface area contributed by atoms with E-state index in [0.717, 1.165) is 31.2 Å². The number of halogens is 1. The molecule has 0 radical (unpaired) electrons. The van der Waals surface area contributed by atoms with Crippen LogP contribution in [0.2, 0.25) is 0 Å². The number of carbonyl (C=O) groups excluding carboxylic acids is 2. The van der Waals surface area contributed by atoms with Crippen LogP contribution in [0, 0.1) is 17.7 Å². The first kappa shape index (κ1) is 19.4. The Morgan fingerprint density at radius 2 is 1.76 bits per heavy atom. The van der Waals surface area contributed by atoms with Crippen LogP contribution >= 0.6 is 0 Å². The quantitative estimate of drug-likeness (QED) is 0.795. The van der Waals surface area contributed by atoms with Crippen LogP contribution in [0.3, 0.4) is 0 Å². The second-order valence-corrected chi connectivity index (χ2v) is 7.23. The van der Waals surface area contributed by atoms with Gasteiger partial charge in [0.15, 0.2) is 0 Å². The standard InChI is InChI=1S/C20H29FN2O2/c1-14(2)18(23-19(24)16-6-4-3-5-7-16)20(25)22-13-12-15-8-10-17(21)11-9-15/h8-11,14,16,18H,3-7,12-13H2,1-2H3,(H,22,25)(H,23,24). The number of hydrogen-bond acceptors (Lipinski definition) is 2. The van der Waals surface area contributed by atoms with E-state index in [9.17, 15) is 14.0 Å². The molecule has 2 amide bonds. The normalized spacial score (nSPS) is 16.5. The number of carbonyl (C=O) groups is 2. The van der Waals surface area contributed by atoms with Crippen molar-refractivity contribution in [2.24, 2.45) is 11.8 Å². The Morgan fingerprint density at radius 1 is 1.12 bits per heavy atom. The van der Waals surface area contributed by atoms with E-state index in [4.69, 9.17) is 0 Å². The van der Waals surface area contributed by atoms with Crippen molar-refractivity contribution >= 4 is 11.8 Å². The van der Waals surface area contributed by atoms with Gasteiger partial charge in [-0.3, -0.25) is 9.59 Å². The van der Waals surface area contributed by atoms with E-state index in [1.165, 1.54) is 18.6 Å². The molecule has 0 aromatic heterocycles. The molecule has 1 saturated carbocycles. The zero-order valence-corrected chi connectivity index (χ0v) is 15.2. The summed E-state index contributed by atoms with van der Waals surface area (Å²) in [4.78, 5) is 24.9. The van der Waals surface area contributed by atoms with Crippen LogP contribution in [0.1, 0.15) is 51.5 Å². The van der Waals surface area contributed by atoms with Crippen molar-refractivity contribution in [1.82, 2.24) is 10.6 Å². The maximum absolute atomic E-state index is 12.9. The van der Waals surface area contributed by atoms with E-state index in [0.29, 0.717) is 13.0 Å². The van der Waals surface area contributed by atoms with Gasteiger partial charge >= 0.3 is 0 Å². The smallest absolute Gasteiger partial charge is 0.242 e. The van der Waals surface area contributed by atoms with Gasteiger partial charge in [-0.05, 0) is 42.9 Å². The summed E-state index contributed by atoms with van der Waals surface area (Å²) >= 11 is 0. The van der Waals surface area contributed by atoms with E-state index in [2.05, 4.69) is 10.6 Å². The van der Waals surface area contributed by atoms with Gasteiger partial charge < -0.3 is 10.6 Å². The van der Waals surface area contributed by atoms with Gasteiger partial charge in [0.05, 0.1) is 0 Å². The van der Waals surface area contributed by atoms with Crippen molar-refractivity contribution < 1.29 is 14.0 Å². The minimum absolute atomic E-state index is 0.00656. The average Bonchev–Trinajstić information content (AvgIpc) is 2.61. The van der Waals surface area contributed by atoms with Gasteiger partial charge in [0.1, 0.15) is 11.9 Å². The molecule has 1 aliphatic carbocycles. The van der Waals surface area contributed by atoms with Gasteiger partial charge in [-0.25, -0.2) is 4.39 Å². The predicted molar refractivity (Wildman–Crippen MR) is 96.5 cm³/mol. The highest BCUT2D eigenvalue weighted by Gasteiger charge is 2.28. The fourth-order valence-electron chi connectivity index (χ4n) is 3.26. The van der Waals surface area contributed by atoms with Gasteiger partial charge in [-0.1, -0.05) is 45.2 Å². The minimum Gasteiger partial charge on any atom is -0.354 e. The highest BCUT2D eigenvalue weighted by Crippen LogP contribution is 2.24. The van der Waals surface area contributed by atoms with Crippen molar-refractivity contribution in [1.29, 1.82) is 0 Å². The first-order valence-electron chi connectivity index (χ1n) is 9.30. The van der Waals surface area contributed by atoms with Crippen LogP contribution in [0.15, 0.2) is 24.3 Å². The third-order valence-corrected chi connectivity index (χ3v) is 4.85. The van der Waals surface area contributed by atoms with Crippen molar-refractivity contribution in [3.05, 3.63) is 35.6 Å². The summed E-state index contributed by atoms with van der Waals surface area (Å²) < 4.78 is 12.9. The lowest BCUT2D eigenvalue weighted by atomic mass is 9.88. The maximum atomic E-state index is 12.9. The average molecular weight is 348 g/mol. The Hall–Kier alpha value is -1.91. The molecule has 1 aromatic rings. The van der Waals surface area contributed by atoms with Gasteiger partial charge in [0.2, 0.25) is 11.8 Å². The molecule has 138 valence electrons. The minimum atomic E-state index is -0.511. The molecule has 1 atom stereocenters. The van der Waals surface area contributed by atoms with Crippen LogP contribution in [0.4, 0.5) is 4.39 Å². The maximum Gasteiger partial charge on any atom is 0.242 e. The molecule has 0 aliphatic heterocycles. The number of amides is 2. The monoisotopic (exact) mass is 348 g/mol. The van der Waals surface area contributed by atoms with Crippen molar-refractivity contribution in [3.8, 4) is 0 Å². The Kier molecular flexibility index (Phi) is 7.41. The summed E-state index contributed by atoms with van der Waals surface area (Å²) in [7, 11) is 0. The number of benzene rings is 1. The molecule has 5 heteroatoms. The van der Waals surface area contributed by atoms with E-state index >= 15 is 0 Å². The first-order valence-corrected chi connectivity index (χ1v) is 9.30. The predicted octanol–water partition coefficient (Wildman–Crippen LogP) is 3.21. The summed E-state index contributed by atoms with van der Waals surface area (Å²) in [6, 6.07) is 5.75. The summed E-state index contributed by atoms with van der Waals surface area (Å²) in [5.41, 5.74) is 0.967. The third-order valence-electron chi connectivity index (χ3n) is 4.85. The largest absolute Gasteiger partial charge is 0.354 e. The van der Waals surface area contributed by atoms with Gasteiger partial charge in [-0.2, -0.15) is 0 Å². The first-order chi connectivity index (χ1) is 12.0. The topological polar surface area (TPSA) is 58.2 Å². The summed E-state index contributed by atoms with van der Waals surface area (Å²) in [5.74, 6) is -0.341. The number of hydrogen-bond donors (Lipinski definition) is 2. The zero-order valence-electron chi connectivity index (χ0n) is 15.2. The second-order valence-electron chi connectivity index (χ2n) is 7.23. The molecule has 0 spiro atoms. The van der Waals surface area contributed by atoms with Crippen molar-refractivity contribution in [3.63, 3.8) is 0 Å². The molecule has 2 rings (SSSR count). The van der Waals surface area contributed by atoms with Crippen LogP contribution in [-0.4, -0.2) is 24.4 Å². The third kappa shape index (κ3) is 6.15. The Morgan fingerprint density at radius 3 is 2.36 bits per heavy atom. The lowest BCUT2D eigenvalue weighted by Crippen LogP contribution is -2.51. The van der Waals surface area contributed by atoms with Crippen LogP contribution in [-0.2, 0) is 16.0 Å². The molecule has 0 saturated heterocycles. The lowest BCUT2D eigenvalue weighted by Gasteiger charge is -2.26. The summed E-state index contributed by atoms with van der Waals surface area (Å²) in [6.07, 6.45) is 5.85.